The number of hydrogen-bond donors (Lipinski definition) is 1. The van der Waals surface area contributed by atoms with E-state index in [-0.39, 0.29) is 32.7 Å². The second kappa shape index (κ2) is 3.87. The monoisotopic (exact) mass is 234 g/mol. The van der Waals surface area contributed by atoms with Crippen molar-refractivity contribution in [2.24, 2.45) is 0 Å². The fourth-order valence-electron chi connectivity index (χ4n) is 0.827. The first-order valence-electron chi connectivity index (χ1n) is 3.11. The van der Waals surface area contributed by atoms with Gasteiger partial charge in [0.2, 0.25) is 0 Å². The zero-order valence-electron chi connectivity index (χ0n) is 6.23. The molecule has 0 aliphatic heterocycles. The Bertz CT molecular complexity index is 390. The van der Waals surface area contributed by atoms with Gasteiger partial charge in [-0.25, -0.2) is 0 Å². The smallest absolute Gasteiger partial charge is 0.106 e. The summed E-state index contributed by atoms with van der Waals surface area (Å²) in [5, 5.41) is 0. The van der Waals surface area contributed by atoms with E-state index in [1.54, 1.807) is 12.1 Å². The van der Waals surface area contributed by atoms with Gasteiger partial charge in [-0.3, -0.25) is 4.98 Å². The minimum Gasteiger partial charge on any atom is -0.432 e. The van der Waals surface area contributed by atoms with Crippen molar-refractivity contribution in [3.05, 3.63) is 24.5 Å². The first kappa shape index (κ1) is 9.48. The van der Waals surface area contributed by atoms with Gasteiger partial charge >= 0.3 is 0 Å². The number of hydrogen-bond acceptors (Lipinski definition) is 4. The van der Waals surface area contributed by atoms with E-state index in [2.05, 4.69) is 21.1 Å². The second-order valence-corrected chi connectivity index (χ2v) is 2.08. The van der Waals surface area contributed by atoms with Gasteiger partial charge in [0.15, 0.2) is 0 Å². The van der Waals surface area contributed by atoms with Crippen LogP contribution < -0.4 is 5.73 Å². The van der Waals surface area contributed by atoms with Crippen LogP contribution in [0.4, 0.5) is 5.82 Å². The average Bonchev–Trinajstić information content (AvgIpc) is 2.04. The van der Waals surface area contributed by atoms with Crippen molar-refractivity contribution >= 4 is 17.0 Å². The van der Waals surface area contributed by atoms with E-state index in [0.717, 1.165) is 5.52 Å². The molecule has 12 heavy (non-hydrogen) atoms. The van der Waals surface area contributed by atoms with Crippen LogP contribution in [0.2, 0.25) is 0 Å². The van der Waals surface area contributed by atoms with Gasteiger partial charge in [-0.1, -0.05) is 0 Å². The van der Waals surface area contributed by atoms with Crippen molar-refractivity contribution in [3.63, 3.8) is 0 Å². The second-order valence-electron chi connectivity index (χ2n) is 2.08. The van der Waals surface area contributed by atoms with Crippen molar-refractivity contribution in [2.45, 2.75) is 0 Å². The number of anilines is 1. The fourth-order valence-corrected chi connectivity index (χ4v) is 0.827. The van der Waals surface area contributed by atoms with Gasteiger partial charge in [0.25, 0.3) is 0 Å². The largest absolute Gasteiger partial charge is 0.432 e. The summed E-state index contributed by atoms with van der Waals surface area (Å²) in [7, 11) is 0. The molecule has 2 aromatic rings. The summed E-state index contributed by atoms with van der Waals surface area (Å²) >= 11 is 0. The van der Waals surface area contributed by atoms with Gasteiger partial charge in [-0.2, -0.15) is 0 Å². The van der Waals surface area contributed by atoms with E-state index < -0.39 is 0 Å². The summed E-state index contributed by atoms with van der Waals surface area (Å²) in [6.45, 7) is 0. The maximum atomic E-state index is 5.43. The van der Waals surface area contributed by atoms with Crippen molar-refractivity contribution in [1.29, 1.82) is 0 Å². The number of nitrogens with two attached hydrogens (primary N) is 1. The molecule has 0 saturated carbocycles. The molecule has 5 heteroatoms. The summed E-state index contributed by atoms with van der Waals surface area (Å²) in [5.74, 6) is 0.450. The molecule has 1 radical (unpaired) electrons. The van der Waals surface area contributed by atoms with Gasteiger partial charge in [0, 0.05) is 43.9 Å². The maximum Gasteiger partial charge on any atom is 0.106 e. The number of aromatic nitrogens is 3. The maximum absolute atomic E-state index is 5.43. The van der Waals surface area contributed by atoms with Crippen molar-refractivity contribution in [2.75, 3.05) is 5.73 Å². The molecule has 57 valence electrons. The Labute approximate surface area is 94.5 Å². The molecule has 2 N–H and O–H groups in total. The van der Waals surface area contributed by atoms with E-state index >= 15 is 0 Å². The topological polar surface area (TPSA) is 64.7 Å². The first-order valence-corrected chi connectivity index (χ1v) is 3.11. The summed E-state index contributed by atoms with van der Waals surface area (Å²) in [6, 6.07) is 3.47. The zero-order chi connectivity index (χ0) is 7.68. The summed E-state index contributed by atoms with van der Waals surface area (Å²) < 4.78 is 0. The summed E-state index contributed by atoms with van der Waals surface area (Å²) in [4.78, 5) is 11.8. The summed E-state index contributed by atoms with van der Waals surface area (Å²) in [6.07, 6.45) is 4.08. The number of nitrogens with zero attached hydrogens (tertiary/aromatic N) is 3. The molecule has 0 amide bonds. The van der Waals surface area contributed by atoms with Crippen molar-refractivity contribution in [1.82, 2.24) is 15.0 Å². The van der Waals surface area contributed by atoms with Crippen molar-refractivity contribution in [3.8, 4) is 0 Å². The molecule has 0 unspecified atom stereocenters. The molecule has 0 bridgehead atoms. The molecule has 4 nitrogen and oxygen atoms in total. The minimum atomic E-state index is 0. The van der Waals surface area contributed by atoms with Crippen molar-refractivity contribution < 1.29 is 32.7 Å². The van der Waals surface area contributed by atoms with Crippen LogP contribution in [0.1, 0.15) is 0 Å². The molecule has 0 fully saturated rings. The van der Waals surface area contributed by atoms with E-state index in [9.17, 15) is 0 Å². The molecule has 0 aliphatic carbocycles. The Hall–Kier alpha value is -0.606. The molecule has 2 heterocycles. The van der Waals surface area contributed by atoms with Crippen LogP contribution in [-0.4, -0.2) is 15.0 Å². The first-order chi connectivity index (χ1) is 5.36. The number of fused-ring (bicyclic) bond motifs is 1. The summed E-state index contributed by atoms with van der Waals surface area (Å²) in [5.41, 5.74) is 6.70. The van der Waals surface area contributed by atoms with E-state index in [4.69, 9.17) is 5.73 Å². The van der Waals surface area contributed by atoms with Crippen LogP contribution in [0.25, 0.3) is 11.2 Å². The van der Waals surface area contributed by atoms with Crippen LogP contribution >= 0.6 is 0 Å². The van der Waals surface area contributed by atoms with Gasteiger partial charge in [0.05, 0.1) is 0 Å². The van der Waals surface area contributed by atoms with Gasteiger partial charge in [-0.05, 0) is 18.3 Å². The molecular weight excluding hydrogens is 229 g/mol. The Morgan fingerprint density at radius 2 is 2.17 bits per heavy atom. The SMILES string of the molecule is Nc1ccc2nc[c-]nc2n1.[Y]. The van der Waals surface area contributed by atoms with Gasteiger partial charge in [-0.15, -0.1) is 6.20 Å². The third-order valence-corrected chi connectivity index (χ3v) is 1.31. The standard InChI is InChI=1S/C7H5N4.Y/c8-6-2-1-5-7(11-6)10-4-3-9-5;/h1-3H,(H2,8,10,11);/q-1;. The van der Waals surface area contributed by atoms with E-state index in [1.165, 1.54) is 6.20 Å². The molecule has 0 spiro atoms. The van der Waals surface area contributed by atoms with Gasteiger partial charge < -0.3 is 15.7 Å². The van der Waals surface area contributed by atoms with Crippen LogP contribution in [0.15, 0.2) is 18.3 Å². The van der Waals surface area contributed by atoms with Crippen LogP contribution in [0, 0.1) is 6.20 Å². The molecule has 2 rings (SSSR count). The third kappa shape index (κ3) is 1.76. The molecule has 0 aliphatic rings. The Kier molecular flexibility index (Phi) is 3.06. The number of rotatable bonds is 0. The molecule has 0 aromatic carbocycles. The zero-order valence-corrected chi connectivity index (χ0v) is 9.07. The molecule has 0 atom stereocenters. The van der Waals surface area contributed by atoms with E-state index in [0.29, 0.717) is 11.5 Å². The molecule has 2 aromatic heterocycles. The molecule has 0 saturated heterocycles. The minimum absolute atomic E-state index is 0. The Balaban J connectivity index is 0.000000720. The number of pyridine rings is 1. The van der Waals surface area contributed by atoms with E-state index in [1.807, 2.05) is 0 Å². The fraction of sp³-hybridized carbons (Fsp3) is 0. The third-order valence-electron chi connectivity index (χ3n) is 1.31. The Morgan fingerprint density at radius 1 is 1.33 bits per heavy atom. The van der Waals surface area contributed by atoms with Crippen LogP contribution in [-0.2, 0) is 32.7 Å². The predicted molar refractivity (Wildman–Crippen MR) is 40.6 cm³/mol. The van der Waals surface area contributed by atoms with Gasteiger partial charge in [0.1, 0.15) is 5.82 Å². The van der Waals surface area contributed by atoms with Crippen LogP contribution in [0.5, 0.6) is 0 Å². The normalized spacial score (nSPS) is 9.33. The quantitative estimate of drug-likeness (QED) is 0.670. The Morgan fingerprint density at radius 3 is 3.00 bits per heavy atom. The average molecular weight is 234 g/mol. The van der Waals surface area contributed by atoms with Crippen LogP contribution in [0.3, 0.4) is 0 Å². The predicted octanol–water partition coefficient (Wildman–Crippen LogP) is 0.405. The number of nitrogen functional groups attached to an aromatic ring is 1. The molecular formula is C7H5N4Y-.